The average molecular weight is 460 g/mol. The van der Waals surface area contributed by atoms with Gasteiger partial charge < -0.3 is 14.8 Å². The van der Waals surface area contributed by atoms with Crippen molar-refractivity contribution >= 4 is 27.4 Å². The first kappa shape index (κ1) is 21.5. The molecule has 1 saturated heterocycles. The van der Waals surface area contributed by atoms with Crippen molar-refractivity contribution in [1.82, 2.24) is 24.5 Å². The summed E-state index contributed by atoms with van der Waals surface area (Å²) >= 11 is 1.20. The quantitative estimate of drug-likeness (QED) is 0.568. The second-order valence-corrected chi connectivity index (χ2v) is 10.4. The van der Waals surface area contributed by atoms with Crippen LogP contribution in [0.4, 0.5) is 4.79 Å². The second kappa shape index (κ2) is 9.63. The van der Waals surface area contributed by atoms with Gasteiger partial charge in [-0.1, -0.05) is 30.3 Å². The molecule has 1 fully saturated rings. The summed E-state index contributed by atoms with van der Waals surface area (Å²) in [6, 6.07) is 11.1. The van der Waals surface area contributed by atoms with Crippen molar-refractivity contribution < 1.29 is 13.2 Å². The lowest BCUT2D eigenvalue weighted by Crippen LogP contribution is -2.49. The second-order valence-electron chi connectivity index (χ2n) is 7.53. The number of carbonyl (C=O) groups is 1. The van der Waals surface area contributed by atoms with Crippen molar-refractivity contribution in [2.24, 2.45) is 0 Å². The molecule has 1 aromatic carbocycles. The molecule has 2 aromatic heterocycles. The monoisotopic (exact) mass is 459 g/mol. The molecule has 0 unspecified atom stereocenters. The fourth-order valence-electron chi connectivity index (χ4n) is 3.61. The molecule has 0 spiro atoms. The Balaban J connectivity index is 1.24. The van der Waals surface area contributed by atoms with Crippen molar-refractivity contribution in [1.29, 1.82) is 0 Å². The van der Waals surface area contributed by atoms with E-state index in [1.807, 2.05) is 29.0 Å². The van der Waals surface area contributed by atoms with Crippen LogP contribution in [-0.2, 0) is 23.1 Å². The molecule has 2 N–H and O–H groups in total. The largest absolute Gasteiger partial charge is 0.334 e. The van der Waals surface area contributed by atoms with Crippen molar-refractivity contribution in [3.63, 3.8) is 0 Å². The zero-order valence-corrected chi connectivity index (χ0v) is 18.6. The van der Waals surface area contributed by atoms with E-state index < -0.39 is 10.0 Å². The first-order chi connectivity index (χ1) is 15.0. The highest BCUT2D eigenvalue weighted by molar-refractivity contribution is 7.91. The van der Waals surface area contributed by atoms with Gasteiger partial charge in [0.05, 0.1) is 6.33 Å². The summed E-state index contributed by atoms with van der Waals surface area (Å²) in [5.41, 5.74) is 2.17. The summed E-state index contributed by atoms with van der Waals surface area (Å²) < 4.78 is 29.8. The number of amides is 2. The van der Waals surface area contributed by atoms with Gasteiger partial charge in [0.2, 0.25) is 10.0 Å². The van der Waals surface area contributed by atoms with Gasteiger partial charge in [-0.25, -0.2) is 22.9 Å². The predicted octanol–water partition coefficient (Wildman–Crippen LogP) is 2.65. The van der Waals surface area contributed by atoms with Crippen LogP contribution in [0, 0.1) is 0 Å². The summed E-state index contributed by atoms with van der Waals surface area (Å²) in [5.74, 6) is 0. The van der Waals surface area contributed by atoms with Gasteiger partial charge in [-0.15, -0.1) is 11.3 Å². The first-order valence-corrected chi connectivity index (χ1v) is 12.5. The van der Waals surface area contributed by atoms with E-state index in [9.17, 15) is 13.2 Å². The number of thiophene rings is 1. The summed E-state index contributed by atoms with van der Waals surface area (Å²) in [6.07, 6.45) is 6.63. The summed E-state index contributed by atoms with van der Waals surface area (Å²) in [4.78, 5) is 18.4. The number of benzene rings is 1. The van der Waals surface area contributed by atoms with Gasteiger partial charge >= 0.3 is 6.03 Å². The Morgan fingerprint density at radius 2 is 1.97 bits per heavy atom. The molecule has 1 aliphatic heterocycles. The minimum atomic E-state index is -3.48. The number of piperidine rings is 1. The fraction of sp³-hybridized carbons (Fsp3) is 0.333. The molecule has 3 aromatic rings. The normalized spacial score (nSPS) is 15.2. The average Bonchev–Trinajstić information content (AvgIpc) is 3.47. The summed E-state index contributed by atoms with van der Waals surface area (Å²) in [5, 5.41) is 4.72. The number of hydrogen-bond donors (Lipinski definition) is 2. The van der Waals surface area contributed by atoms with Gasteiger partial charge in [-0.05, 0) is 35.4 Å². The molecule has 31 heavy (non-hydrogen) atoms. The maximum atomic E-state index is 12.6. The molecule has 164 valence electrons. The molecule has 0 saturated carbocycles. The maximum Gasteiger partial charge on any atom is 0.317 e. The summed E-state index contributed by atoms with van der Waals surface area (Å²) in [6.45, 7) is 2.21. The van der Waals surface area contributed by atoms with Crippen LogP contribution in [0.1, 0.15) is 24.0 Å². The Bertz CT molecular complexity index is 1090. The van der Waals surface area contributed by atoms with E-state index >= 15 is 0 Å². The highest BCUT2D eigenvalue weighted by atomic mass is 32.2. The summed E-state index contributed by atoms with van der Waals surface area (Å²) in [7, 11) is -3.48. The number of nitrogens with one attached hydrogen (secondary N) is 2. The van der Waals surface area contributed by atoms with Crippen LogP contribution >= 0.6 is 11.3 Å². The molecule has 3 heterocycles. The standard InChI is InChI=1S/C21H25N5O3S2/c27-21(23-14-17-3-1-4-18(13-17)15-25-11-8-22-16-25)26-9-6-19(7-10-26)24-31(28,29)20-5-2-12-30-20/h1-5,8,11-13,16,19,24H,6-7,9-10,14-15H2,(H,23,27). The highest BCUT2D eigenvalue weighted by Crippen LogP contribution is 2.19. The van der Waals surface area contributed by atoms with E-state index in [1.54, 1.807) is 34.9 Å². The van der Waals surface area contributed by atoms with Crippen molar-refractivity contribution in [3.05, 3.63) is 71.6 Å². The molecule has 0 aliphatic carbocycles. The SMILES string of the molecule is O=C(NCc1cccc(Cn2ccnc2)c1)N1CCC(NS(=O)(=O)c2cccs2)CC1. The van der Waals surface area contributed by atoms with Crippen LogP contribution in [0.3, 0.4) is 0 Å². The molecule has 0 bridgehead atoms. The number of likely N-dealkylation sites (tertiary alicyclic amines) is 1. The van der Waals surface area contributed by atoms with E-state index in [0.29, 0.717) is 36.7 Å². The Kier molecular flexibility index (Phi) is 6.69. The van der Waals surface area contributed by atoms with Gasteiger partial charge in [-0.3, -0.25) is 0 Å². The van der Waals surface area contributed by atoms with Gasteiger partial charge in [0.25, 0.3) is 0 Å². The van der Waals surface area contributed by atoms with Crippen LogP contribution in [-0.4, -0.2) is 48.0 Å². The van der Waals surface area contributed by atoms with Crippen molar-refractivity contribution in [3.8, 4) is 0 Å². The Morgan fingerprint density at radius 3 is 2.68 bits per heavy atom. The van der Waals surface area contributed by atoms with Crippen molar-refractivity contribution in [2.45, 2.75) is 36.2 Å². The number of carbonyl (C=O) groups excluding carboxylic acids is 1. The Labute approximate surface area is 186 Å². The highest BCUT2D eigenvalue weighted by Gasteiger charge is 2.27. The minimum Gasteiger partial charge on any atom is -0.334 e. The zero-order chi connectivity index (χ0) is 21.7. The molecule has 0 atom stereocenters. The number of urea groups is 1. The van der Waals surface area contributed by atoms with Crippen LogP contribution in [0.15, 0.2) is 64.7 Å². The molecule has 1 aliphatic rings. The molecule has 0 radical (unpaired) electrons. The number of aromatic nitrogens is 2. The molecule has 8 nitrogen and oxygen atoms in total. The molecular weight excluding hydrogens is 434 g/mol. The van der Waals surface area contributed by atoms with E-state index in [2.05, 4.69) is 21.1 Å². The number of rotatable bonds is 7. The molecule has 4 rings (SSSR count). The van der Waals surface area contributed by atoms with Gasteiger partial charge in [0.15, 0.2) is 0 Å². The van der Waals surface area contributed by atoms with Crippen molar-refractivity contribution in [2.75, 3.05) is 13.1 Å². The number of hydrogen-bond acceptors (Lipinski definition) is 5. The van der Waals surface area contributed by atoms with Gasteiger partial charge in [-0.2, -0.15) is 0 Å². The van der Waals surface area contributed by atoms with E-state index in [-0.39, 0.29) is 12.1 Å². The third kappa shape index (κ3) is 5.72. The molecular formula is C21H25N5O3S2. The fourth-order valence-corrected chi connectivity index (χ4v) is 5.93. The smallest absolute Gasteiger partial charge is 0.317 e. The van der Waals surface area contributed by atoms with Crippen LogP contribution in [0.5, 0.6) is 0 Å². The third-order valence-electron chi connectivity index (χ3n) is 5.22. The van der Waals surface area contributed by atoms with Crippen LogP contribution in [0.2, 0.25) is 0 Å². The molecule has 10 heteroatoms. The Hall–Kier alpha value is -2.69. The van der Waals surface area contributed by atoms with Crippen LogP contribution in [0.25, 0.3) is 0 Å². The molecule has 2 amide bonds. The topological polar surface area (TPSA) is 96.3 Å². The predicted molar refractivity (Wildman–Crippen MR) is 119 cm³/mol. The zero-order valence-electron chi connectivity index (χ0n) is 17.0. The first-order valence-electron chi connectivity index (χ1n) is 10.1. The number of sulfonamides is 1. The maximum absolute atomic E-state index is 12.6. The van der Waals surface area contributed by atoms with Gasteiger partial charge in [0, 0.05) is 44.6 Å². The third-order valence-corrected chi connectivity index (χ3v) is 8.14. The lowest BCUT2D eigenvalue weighted by Gasteiger charge is -2.32. The number of imidazole rings is 1. The van der Waals surface area contributed by atoms with E-state index in [4.69, 9.17) is 0 Å². The van der Waals surface area contributed by atoms with Crippen LogP contribution < -0.4 is 10.0 Å². The lowest BCUT2D eigenvalue weighted by atomic mass is 10.1. The van der Waals surface area contributed by atoms with E-state index in [0.717, 1.165) is 17.7 Å². The van der Waals surface area contributed by atoms with Gasteiger partial charge in [0.1, 0.15) is 4.21 Å². The van der Waals surface area contributed by atoms with E-state index in [1.165, 1.54) is 11.3 Å². The number of nitrogens with zero attached hydrogens (tertiary/aromatic N) is 3. The lowest BCUT2D eigenvalue weighted by molar-refractivity contribution is 0.179. The Morgan fingerprint density at radius 1 is 1.16 bits per heavy atom. The minimum absolute atomic E-state index is 0.125.